The summed E-state index contributed by atoms with van der Waals surface area (Å²) in [5.41, 5.74) is 1.12. The van der Waals surface area contributed by atoms with Crippen LogP contribution in [0.5, 0.6) is 0 Å². The van der Waals surface area contributed by atoms with E-state index in [9.17, 15) is 23.3 Å². The van der Waals surface area contributed by atoms with Crippen LogP contribution in [-0.2, 0) is 15.0 Å². The topological polar surface area (TPSA) is 129 Å². The van der Waals surface area contributed by atoms with Crippen LogP contribution < -0.4 is 5.32 Å². The van der Waals surface area contributed by atoms with Gasteiger partial charge in [-0.15, -0.1) is 11.3 Å². The number of hydrogen-bond acceptors (Lipinski definition) is 8. The summed E-state index contributed by atoms with van der Waals surface area (Å²) in [5, 5.41) is 15.8. The van der Waals surface area contributed by atoms with Gasteiger partial charge in [-0.05, 0) is 0 Å². The fourth-order valence-electron chi connectivity index (χ4n) is 3.44. The van der Waals surface area contributed by atoms with Crippen LogP contribution in [0.1, 0.15) is 13.8 Å². The summed E-state index contributed by atoms with van der Waals surface area (Å²) in [6.45, 7) is 6.19. The van der Waals surface area contributed by atoms with Crippen molar-refractivity contribution in [1.29, 1.82) is 0 Å². The Balaban J connectivity index is 1.53. The second kappa shape index (κ2) is 10.4. The highest BCUT2D eigenvalue weighted by Gasteiger charge is 2.31. The summed E-state index contributed by atoms with van der Waals surface area (Å²) in [6.07, 6.45) is 0. The third-order valence-electron chi connectivity index (χ3n) is 5.16. The highest BCUT2D eigenvalue weighted by atomic mass is 32.2. The van der Waals surface area contributed by atoms with Gasteiger partial charge in [0, 0.05) is 62.3 Å². The summed E-state index contributed by atoms with van der Waals surface area (Å²) in [7, 11) is -3.47. The van der Waals surface area contributed by atoms with Crippen LogP contribution in [0.4, 0.5) is 10.8 Å². The molecule has 1 aliphatic rings. The molecule has 2 heterocycles. The Kier molecular flexibility index (Phi) is 7.90. The summed E-state index contributed by atoms with van der Waals surface area (Å²) in [4.78, 5) is 29.2. The van der Waals surface area contributed by atoms with Crippen LogP contribution >= 0.6 is 11.3 Å². The summed E-state index contributed by atoms with van der Waals surface area (Å²) in [6, 6.07) is 6.16. The number of anilines is 1. The molecule has 0 unspecified atom stereocenters. The second-order valence-corrected chi connectivity index (χ2v) is 9.95. The zero-order valence-electron chi connectivity index (χ0n) is 17.9. The van der Waals surface area contributed by atoms with Gasteiger partial charge in [-0.2, -0.15) is 17.0 Å². The van der Waals surface area contributed by atoms with Crippen molar-refractivity contribution >= 4 is 38.3 Å². The highest BCUT2D eigenvalue weighted by molar-refractivity contribution is 7.86. The van der Waals surface area contributed by atoms with E-state index < -0.39 is 15.1 Å². The normalized spacial score (nSPS) is 15.7. The van der Waals surface area contributed by atoms with Gasteiger partial charge in [-0.25, -0.2) is 4.98 Å². The van der Waals surface area contributed by atoms with Gasteiger partial charge in [0.25, 0.3) is 15.9 Å². The summed E-state index contributed by atoms with van der Waals surface area (Å²) >= 11 is 1.24. The largest absolute Gasteiger partial charge is 0.301 e. The van der Waals surface area contributed by atoms with E-state index in [1.54, 1.807) is 17.5 Å². The number of aromatic nitrogens is 1. The molecule has 32 heavy (non-hydrogen) atoms. The summed E-state index contributed by atoms with van der Waals surface area (Å²) in [5.74, 6) is -0.245. The Morgan fingerprint density at radius 2 is 1.94 bits per heavy atom. The van der Waals surface area contributed by atoms with Crippen molar-refractivity contribution in [2.75, 3.05) is 51.1 Å². The number of non-ortho nitro benzene ring substituents is 1. The van der Waals surface area contributed by atoms with Crippen LogP contribution in [0.3, 0.4) is 0 Å². The molecule has 11 nitrogen and oxygen atoms in total. The SMILES string of the molecule is CCN(CC)S(=O)(=O)N1CCN(CC(=O)Nc2nc(-c3cccc([N+](=O)[O-])c3)cs2)CC1. The molecule has 0 bridgehead atoms. The van der Waals surface area contributed by atoms with E-state index in [4.69, 9.17) is 0 Å². The van der Waals surface area contributed by atoms with Crippen LogP contribution in [-0.4, -0.2) is 83.6 Å². The van der Waals surface area contributed by atoms with Gasteiger partial charge in [0.05, 0.1) is 17.2 Å². The van der Waals surface area contributed by atoms with Crippen LogP contribution in [0.25, 0.3) is 11.3 Å². The molecule has 0 atom stereocenters. The summed E-state index contributed by atoms with van der Waals surface area (Å²) < 4.78 is 28.1. The predicted octanol–water partition coefficient (Wildman–Crippen LogP) is 1.86. The van der Waals surface area contributed by atoms with Crippen molar-refractivity contribution in [3.05, 3.63) is 39.8 Å². The second-order valence-electron chi connectivity index (χ2n) is 7.16. The molecule has 1 fully saturated rings. The Morgan fingerprint density at radius 3 is 2.56 bits per heavy atom. The van der Waals surface area contributed by atoms with E-state index in [0.29, 0.717) is 55.7 Å². The lowest BCUT2D eigenvalue weighted by molar-refractivity contribution is -0.384. The molecule has 0 saturated carbocycles. The molecule has 0 spiro atoms. The number of carbonyl (C=O) groups is 1. The minimum Gasteiger partial charge on any atom is -0.301 e. The zero-order valence-corrected chi connectivity index (χ0v) is 19.6. The third-order valence-corrected chi connectivity index (χ3v) is 8.10. The fraction of sp³-hybridized carbons (Fsp3) is 0.474. The molecule has 1 aromatic carbocycles. The van der Waals surface area contributed by atoms with Gasteiger partial charge in [-0.1, -0.05) is 26.0 Å². The van der Waals surface area contributed by atoms with Crippen LogP contribution in [0, 0.1) is 10.1 Å². The molecule has 1 amide bonds. The van der Waals surface area contributed by atoms with Gasteiger partial charge in [0.1, 0.15) is 0 Å². The number of nitro benzene ring substituents is 1. The van der Waals surface area contributed by atoms with E-state index in [0.717, 1.165) is 0 Å². The van der Waals surface area contributed by atoms with Crippen molar-refractivity contribution in [2.24, 2.45) is 0 Å². The molecular weight excluding hydrogens is 456 g/mol. The number of piperazine rings is 1. The fourth-order valence-corrected chi connectivity index (χ4v) is 5.78. The average molecular weight is 483 g/mol. The molecule has 1 aliphatic heterocycles. The number of nitro groups is 1. The molecule has 13 heteroatoms. The van der Waals surface area contributed by atoms with Crippen molar-refractivity contribution in [2.45, 2.75) is 13.8 Å². The predicted molar refractivity (Wildman–Crippen MR) is 123 cm³/mol. The minimum absolute atomic E-state index is 0.0248. The molecule has 0 radical (unpaired) electrons. The molecule has 174 valence electrons. The van der Waals surface area contributed by atoms with E-state index in [-0.39, 0.29) is 18.1 Å². The standard InChI is InChI=1S/C19H26N6O5S2/c1-3-23(4-2)32(29,30)24-10-8-22(9-11-24)13-18(26)21-19-20-17(14-31-19)15-6-5-7-16(12-15)25(27)28/h5-7,12,14H,3-4,8-11,13H2,1-2H3,(H,20,21,26). The maximum atomic E-state index is 12.6. The maximum absolute atomic E-state index is 12.6. The lowest BCUT2D eigenvalue weighted by Crippen LogP contribution is -2.54. The quantitative estimate of drug-likeness (QED) is 0.427. The first-order valence-corrected chi connectivity index (χ1v) is 12.5. The van der Waals surface area contributed by atoms with Crippen molar-refractivity contribution in [3.8, 4) is 11.3 Å². The lowest BCUT2D eigenvalue weighted by Gasteiger charge is -2.35. The van der Waals surface area contributed by atoms with Crippen molar-refractivity contribution in [3.63, 3.8) is 0 Å². The molecule has 1 aromatic heterocycles. The molecule has 1 saturated heterocycles. The number of nitrogens with one attached hydrogen (secondary N) is 1. The third kappa shape index (κ3) is 5.66. The Morgan fingerprint density at radius 1 is 1.25 bits per heavy atom. The van der Waals surface area contributed by atoms with Gasteiger partial charge < -0.3 is 5.32 Å². The van der Waals surface area contributed by atoms with Gasteiger partial charge in [0.15, 0.2) is 5.13 Å². The zero-order chi connectivity index (χ0) is 23.3. The number of amides is 1. The maximum Gasteiger partial charge on any atom is 0.282 e. The Bertz CT molecular complexity index is 1060. The first-order chi connectivity index (χ1) is 15.2. The highest BCUT2D eigenvalue weighted by Crippen LogP contribution is 2.27. The molecule has 3 rings (SSSR count). The number of benzene rings is 1. The number of nitrogens with zero attached hydrogens (tertiary/aromatic N) is 5. The monoisotopic (exact) mass is 482 g/mol. The van der Waals surface area contributed by atoms with E-state index in [1.165, 1.54) is 32.1 Å². The van der Waals surface area contributed by atoms with Gasteiger partial charge >= 0.3 is 0 Å². The molecule has 1 N–H and O–H groups in total. The molecule has 0 aliphatic carbocycles. The Labute approximate surface area is 191 Å². The number of thiazole rings is 1. The van der Waals surface area contributed by atoms with Crippen molar-refractivity contribution < 1.29 is 18.1 Å². The average Bonchev–Trinajstić information content (AvgIpc) is 3.23. The number of hydrogen-bond donors (Lipinski definition) is 1. The lowest BCUT2D eigenvalue weighted by atomic mass is 10.1. The van der Waals surface area contributed by atoms with Gasteiger partial charge in [0.2, 0.25) is 5.91 Å². The van der Waals surface area contributed by atoms with E-state index >= 15 is 0 Å². The molecule has 2 aromatic rings. The number of carbonyl (C=O) groups excluding carboxylic acids is 1. The Hall–Kier alpha value is -2.45. The molecular formula is C19H26N6O5S2. The van der Waals surface area contributed by atoms with Crippen LogP contribution in [0.2, 0.25) is 0 Å². The van der Waals surface area contributed by atoms with Crippen molar-refractivity contribution in [1.82, 2.24) is 18.5 Å². The number of rotatable bonds is 9. The first kappa shape index (κ1) is 24.2. The first-order valence-electron chi connectivity index (χ1n) is 10.2. The minimum atomic E-state index is -3.47. The smallest absolute Gasteiger partial charge is 0.282 e. The van der Waals surface area contributed by atoms with E-state index in [1.807, 2.05) is 18.7 Å². The van der Waals surface area contributed by atoms with E-state index in [2.05, 4.69) is 10.3 Å². The van der Waals surface area contributed by atoms with Crippen LogP contribution in [0.15, 0.2) is 29.6 Å². The van der Waals surface area contributed by atoms with Gasteiger partial charge in [-0.3, -0.25) is 19.8 Å².